The molecule has 0 amide bonds. The molecule has 4 nitrogen and oxygen atoms in total. The van der Waals surface area contributed by atoms with E-state index in [1.165, 1.54) is 0 Å². The van der Waals surface area contributed by atoms with E-state index in [-0.39, 0.29) is 11.2 Å². The average Bonchev–Trinajstić information content (AvgIpc) is 2.31. The largest absolute Gasteiger partial charge is 0.503 e. The molecule has 2 N–H and O–H groups in total. The van der Waals surface area contributed by atoms with Crippen LogP contribution in [0.4, 0.5) is 0 Å². The summed E-state index contributed by atoms with van der Waals surface area (Å²) in [7, 11) is 5.73. The Kier molecular flexibility index (Phi) is 6.30. The summed E-state index contributed by atoms with van der Waals surface area (Å²) in [5.41, 5.74) is 1.29. The maximum Gasteiger partial charge on any atom is 0.172 e. The van der Waals surface area contributed by atoms with Gasteiger partial charge in [-0.3, -0.25) is 0 Å². The van der Waals surface area contributed by atoms with Gasteiger partial charge < -0.3 is 20.1 Å². The first-order valence-electron chi connectivity index (χ1n) is 6.66. The van der Waals surface area contributed by atoms with Crippen molar-refractivity contribution >= 4 is 15.9 Å². The summed E-state index contributed by atoms with van der Waals surface area (Å²) in [5, 5.41) is 13.2. The molecule has 5 heteroatoms. The van der Waals surface area contributed by atoms with E-state index in [0.717, 1.165) is 25.2 Å². The molecule has 0 fully saturated rings. The normalized spacial score (nSPS) is 11.9. The zero-order chi connectivity index (χ0) is 15.3. The van der Waals surface area contributed by atoms with Gasteiger partial charge in [-0.05, 0) is 53.1 Å². The molecule has 0 aliphatic rings. The predicted octanol–water partition coefficient (Wildman–Crippen LogP) is 2.84. The molecular weight excluding hydrogens is 320 g/mol. The molecule has 0 bridgehead atoms. The van der Waals surface area contributed by atoms with Gasteiger partial charge >= 0.3 is 0 Å². The Morgan fingerprint density at radius 3 is 2.55 bits per heavy atom. The fourth-order valence-electron chi connectivity index (χ4n) is 2.34. The zero-order valence-corrected chi connectivity index (χ0v) is 14.5. The van der Waals surface area contributed by atoms with Crippen LogP contribution in [0.15, 0.2) is 16.6 Å². The van der Waals surface area contributed by atoms with Crippen molar-refractivity contribution in [3.05, 3.63) is 22.2 Å². The minimum atomic E-state index is 0.143. The van der Waals surface area contributed by atoms with Gasteiger partial charge in [0, 0.05) is 19.6 Å². The lowest BCUT2D eigenvalue weighted by atomic mass is 9.93. The molecule has 114 valence electrons. The molecule has 1 aromatic rings. The predicted molar refractivity (Wildman–Crippen MR) is 86.4 cm³/mol. The Labute approximate surface area is 130 Å². The van der Waals surface area contributed by atoms with Gasteiger partial charge in [0.05, 0.1) is 11.6 Å². The lowest BCUT2D eigenvalue weighted by Gasteiger charge is -2.28. The molecule has 0 saturated heterocycles. The first kappa shape index (κ1) is 17.3. The molecule has 0 heterocycles. The molecule has 0 atom stereocenters. The number of rotatable bonds is 7. The first-order valence-corrected chi connectivity index (χ1v) is 7.45. The highest BCUT2D eigenvalue weighted by atomic mass is 79.9. The standard InChI is InChI=1S/C15H25BrN2O2/c1-15(2,10-18(3)4)9-17-8-11-6-12(16)14(19)13(7-11)20-5/h6-7,17,19H,8-10H2,1-5H3. The minimum absolute atomic E-state index is 0.143. The lowest BCUT2D eigenvalue weighted by molar-refractivity contribution is 0.232. The number of nitrogens with zero attached hydrogens (tertiary/aromatic N) is 1. The second-order valence-electron chi connectivity index (χ2n) is 6.13. The minimum Gasteiger partial charge on any atom is -0.503 e. The number of nitrogens with one attached hydrogen (secondary N) is 1. The topological polar surface area (TPSA) is 44.7 Å². The highest BCUT2D eigenvalue weighted by molar-refractivity contribution is 9.10. The number of phenolic OH excluding ortho intramolecular Hbond substituents is 1. The van der Waals surface area contributed by atoms with Gasteiger partial charge in [0.15, 0.2) is 11.5 Å². The molecule has 0 aromatic heterocycles. The average molecular weight is 345 g/mol. The van der Waals surface area contributed by atoms with Gasteiger partial charge in [0.2, 0.25) is 0 Å². The number of phenols is 1. The molecule has 20 heavy (non-hydrogen) atoms. The van der Waals surface area contributed by atoms with E-state index in [4.69, 9.17) is 4.74 Å². The Bertz CT molecular complexity index is 448. The Morgan fingerprint density at radius 1 is 1.35 bits per heavy atom. The van der Waals surface area contributed by atoms with Crippen molar-refractivity contribution < 1.29 is 9.84 Å². The zero-order valence-electron chi connectivity index (χ0n) is 13.0. The van der Waals surface area contributed by atoms with E-state index in [9.17, 15) is 5.11 Å². The maximum absolute atomic E-state index is 9.78. The van der Waals surface area contributed by atoms with Crippen LogP contribution in [0.25, 0.3) is 0 Å². The Balaban J connectivity index is 2.60. The molecular formula is C15H25BrN2O2. The number of benzene rings is 1. The number of methoxy groups -OCH3 is 1. The summed E-state index contributed by atoms with van der Waals surface area (Å²) in [6, 6.07) is 3.76. The van der Waals surface area contributed by atoms with E-state index in [1.807, 2.05) is 12.1 Å². The molecule has 1 rings (SSSR count). The van der Waals surface area contributed by atoms with Crippen LogP contribution >= 0.6 is 15.9 Å². The van der Waals surface area contributed by atoms with Crippen LogP contribution in [0, 0.1) is 5.41 Å². The number of ether oxygens (including phenoxy) is 1. The highest BCUT2D eigenvalue weighted by Crippen LogP contribution is 2.35. The summed E-state index contributed by atoms with van der Waals surface area (Å²) in [4.78, 5) is 2.20. The van der Waals surface area contributed by atoms with Crippen LogP contribution in [0.1, 0.15) is 19.4 Å². The highest BCUT2D eigenvalue weighted by Gasteiger charge is 2.18. The molecule has 0 unspecified atom stereocenters. The van der Waals surface area contributed by atoms with Crippen molar-refractivity contribution in [1.82, 2.24) is 10.2 Å². The third-order valence-electron chi connectivity index (χ3n) is 2.99. The van der Waals surface area contributed by atoms with Crippen molar-refractivity contribution in [1.29, 1.82) is 0 Å². The third-order valence-corrected chi connectivity index (χ3v) is 3.59. The fraction of sp³-hybridized carbons (Fsp3) is 0.600. The van der Waals surface area contributed by atoms with Gasteiger partial charge in [-0.2, -0.15) is 0 Å². The molecule has 0 aliphatic carbocycles. The van der Waals surface area contributed by atoms with Gasteiger partial charge in [0.25, 0.3) is 0 Å². The number of aromatic hydroxyl groups is 1. The quantitative estimate of drug-likeness (QED) is 0.798. The molecule has 0 aliphatic heterocycles. The van der Waals surface area contributed by atoms with Gasteiger partial charge in [0.1, 0.15) is 0 Å². The molecule has 0 spiro atoms. The summed E-state index contributed by atoms with van der Waals surface area (Å²) < 4.78 is 5.81. The van der Waals surface area contributed by atoms with E-state index in [2.05, 4.69) is 54.1 Å². The third kappa shape index (κ3) is 5.31. The van der Waals surface area contributed by atoms with Crippen molar-refractivity contribution in [2.45, 2.75) is 20.4 Å². The number of hydrogen-bond donors (Lipinski definition) is 2. The monoisotopic (exact) mass is 344 g/mol. The maximum atomic E-state index is 9.78. The van der Waals surface area contributed by atoms with Gasteiger partial charge in [-0.25, -0.2) is 0 Å². The van der Waals surface area contributed by atoms with Crippen molar-refractivity contribution in [2.24, 2.45) is 5.41 Å². The first-order chi connectivity index (χ1) is 9.25. The van der Waals surface area contributed by atoms with Crippen LogP contribution < -0.4 is 10.1 Å². The van der Waals surface area contributed by atoms with Crippen LogP contribution in [-0.2, 0) is 6.54 Å². The van der Waals surface area contributed by atoms with Gasteiger partial charge in [-0.1, -0.05) is 13.8 Å². The number of halogens is 1. The van der Waals surface area contributed by atoms with Crippen LogP contribution in [-0.4, -0.2) is 44.3 Å². The van der Waals surface area contributed by atoms with Crippen molar-refractivity contribution in [3.8, 4) is 11.5 Å². The van der Waals surface area contributed by atoms with E-state index >= 15 is 0 Å². The van der Waals surface area contributed by atoms with Crippen LogP contribution in [0.2, 0.25) is 0 Å². The summed E-state index contributed by atoms with van der Waals surface area (Å²) in [6.45, 7) is 7.18. The van der Waals surface area contributed by atoms with E-state index in [1.54, 1.807) is 7.11 Å². The fourth-order valence-corrected chi connectivity index (χ4v) is 2.83. The Morgan fingerprint density at radius 2 is 2.00 bits per heavy atom. The summed E-state index contributed by atoms with van der Waals surface area (Å²) >= 11 is 3.34. The van der Waals surface area contributed by atoms with E-state index in [0.29, 0.717) is 10.2 Å². The molecule has 1 aromatic carbocycles. The van der Waals surface area contributed by atoms with Crippen LogP contribution in [0.3, 0.4) is 0 Å². The van der Waals surface area contributed by atoms with Crippen molar-refractivity contribution in [2.75, 3.05) is 34.3 Å². The number of hydrogen-bond acceptors (Lipinski definition) is 4. The lowest BCUT2D eigenvalue weighted by Crippen LogP contribution is -2.37. The smallest absolute Gasteiger partial charge is 0.172 e. The molecule has 0 saturated carbocycles. The summed E-state index contributed by atoms with van der Waals surface area (Å²) in [6.07, 6.45) is 0. The van der Waals surface area contributed by atoms with Crippen molar-refractivity contribution in [3.63, 3.8) is 0 Å². The SMILES string of the molecule is COc1cc(CNCC(C)(C)CN(C)C)cc(Br)c1O. The summed E-state index contributed by atoms with van der Waals surface area (Å²) in [5.74, 6) is 0.632. The Hall–Kier alpha value is -0.780. The van der Waals surface area contributed by atoms with Gasteiger partial charge in [-0.15, -0.1) is 0 Å². The second kappa shape index (κ2) is 7.29. The molecule has 0 radical (unpaired) electrons. The second-order valence-corrected chi connectivity index (χ2v) is 6.99. The van der Waals surface area contributed by atoms with E-state index < -0.39 is 0 Å². The van der Waals surface area contributed by atoms with Crippen LogP contribution in [0.5, 0.6) is 11.5 Å².